The third kappa shape index (κ3) is 7.06. The summed E-state index contributed by atoms with van der Waals surface area (Å²) in [5.74, 6) is 0.569. The van der Waals surface area contributed by atoms with Gasteiger partial charge >= 0.3 is 5.97 Å². The lowest BCUT2D eigenvalue weighted by molar-refractivity contribution is -0.123. The Morgan fingerprint density at radius 1 is 1.03 bits per heavy atom. The zero-order valence-electron chi connectivity index (χ0n) is 19.1. The third-order valence-corrected chi connectivity index (χ3v) is 4.71. The third-order valence-electron chi connectivity index (χ3n) is 4.71. The molecule has 0 heterocycles. The van der Waals surface area contributed by atoms with E-state index in [9.17, 15) is 9.59 Å². The highest BCUT2D eigenvalue weighted by Crippen LogP contribution is 2.28. The maximum atomic E-state index is 12.2. The number of hydrogen-bond donors (Lipinski definition) is 1. The highest BCUT2D eigenvalue weighted by atomic mass is 16.5. The first-order valence-electron chi connectivity index (χ1n) is 10.6. The molecule has 0 saturated heterocycles. The number of benzene rings is 3. The predicted octanol–water partition coefficient (Wildman–Crippen LogP) is 4.48. The number of rotatable bonds is 10. The van der Waals surface area contributed by atoms with E-state index >= 15 is 0 Å². The second kappa shape index (κ2) is 12.0. The summed E-state index contributed by atoms with van der Waals surface area (Å²) >= 11 is 0. The number of hydrazone groups is 1. The molecule has 0 aliphatic rings. The van der Waals surface area contributed by atoms with Crippen LogP contribution in [0.5, 0.6) is 17.2 Å². The fraction of sp³-hybridized carbons (Fsp3) is 0.148. The molecule has 3 aromatic carbocycles. The molecule has 0 aliphatic carbocycles. The van der Waals surface area contributed by atoms with Gasteiger partial charge in [0.05, 0.1) is 18.9 Å². The first-order chi connectivity index (χ1) is 16.5. The van der Waals surface area contributed by atoms with Crippen molar-refractivity contribution in [2.75, 3.05) is 13.7 Å². The second-order valence-corrected chi connectivity index (χ2v) is 7.39. The van der Waals surface area contributed by atoms with E-state index in [1.165, 1.54) is 6.21 Å². The van der Waals surface area contributed by atoms with Gasteiger partial charge in [0.1, 0.15) is 5.75 Å². The number of hydrogen-bond acceptors (Lipinski definition) is 6. The van der Waals surface area contributed by atoms with Gasteiger partial charge in [-0.1, -0.05) is 29.8 Å². The van der Waals surface area contributed by atoms with E-state index in [4.69, 9.17) is 14.2 Å². The van der Waals surface area contributed by atoms with Gasteiger partial charge in [-0.25, -0.2) is 10.2 Å². The molecule has 0 bridgehead atoms. The van der Waals surface area contributed by atoms with E-state index in [0.29, 0.717) is 29.2 Å². The fourth-order valence-electron chi connectivity index (χ4n) is 3.04. The van der Waals surface area contributed by atoms with Crippen LogP contribution >= 0.6 is 0 Å². The molecule has 1 N–H and O–H groups in total. The number of nitrogens with zero attached hydrogens (tertiary/aromatic N) is 1. The number of ether oxygens (including phenoxy) is 3. The number of nitrogens with one attached hydrogen (secondary N) is 1. The Morgan fingerprint density at radius 2 is 1.82 bits per heavy atom. The lowest BCUT2D eigenvalue weighted by atomic mass is 10.1. The predicted molar refractivity (Wildman–Crippen MR) is 131 cm³/mol. The van der Waals surface area contributed by atoms with Crippen LogP contribution in [0, 0.1) is 6.92 Å². The van der Waals surface area contributed by atoms with Gasteiger partial charge < -0.3 is 14.2 Å². The Kier molecular flexibility index (Phi) is 8.57. The van der Waals surface area contributed by atoms with Crippen LogP contribution in [-0.2, 0) is 11.2 Å². The van der Waals surface area contributed by atoms with Crippen molar-refractivity contribution in [3.8, 4) is 17.2 Å². The van der Waals surface area contributed by atoms with Crippen molar-refractivity contribution in [3.63, 3.8) is 0 Å². The van der Waals surface area contributed by atoms with Gasteiger partial charge in [0.15, 0.2) is 18.1 Å². The lowest BCUT2D eigenvalue weighted by Gasteiger charge is -2.11. The molecular weight excluding hydrogens is 432 g/mol. The minimum absolute atomic E-state index is 0.220. The number of carbonyl (C=O) groups excluding carboxylic acids is 2. The molecule has 7 nitrogen and oxygen atoms in total. The fourth-order valence-corrected chi connectivity index (χ4v) is 3.04. The van der Waals surface area contributed by atoms with Gasteiger partial charge in [0, 0.05) is 0 Å². The van der Waals surface area contributed by atoms with Crippen molar-refractivity contribution in [2.45, 2.75) is 13.3 Å². The van der Waals surface area contributed by atoms with E-state index < -0.39 is 11.9 Å². The number of esters is 1. The van der Waals surface area contributed by atoms with Gasteiger partial charge in [-0.3, -0.25) is 4.79 Å². The van der Waals surface area contributed by atoms with Crippen LogP contribution in [0.25, 0.3) is 0 Å². The standard InChI is InChI=1S/C27H26N2O5/c1-4-6-20-11-14-24(25(16-20)32-3)33-18-26(30)29-28-17-21-9-12-23(13-10-21)34-27(31)22-8-5-7-19(2)15-22/h4-5,7-17H,1,6,18H2,2-3H3,(H,29,30)/b28-17+. The lowest BCUT2D eigenvalue weighted by Crippen LogP contribution is -2.24. The summed E-state index contributed by atoms with van der Waals surface area (Å²) in [4.78, 5) is 24.3. The van der Waals surface area contributed by atoms with E-state index in [-0.39, 0.29) is 6.61 Å². The van der Waals surface area contributed by atoms with Gasteiger partial charge in [-0.2, -0.15) is 5.10 Å². The zero-order valence-corrected chi connectivity index (χ0v) is 19.1. The van der Waals surface area contributed by atoms with Crippen molar-refractivity contribution in [1.82, 2.24) is 5.43 Å². The first-order valence-corrected chi connectivity index (χ1v) is 10.6. The molecule has 3 rings (SSSR count). The number of allylic oxidation sites excluding steroid dienone is 1. The number of methoxy groups -OCH3 is 1. The molecule has 0 unspecified atom stereocenters. The molecule has 1 amide bonds. The highest BCUT2D eigenvalue weighted by Gasteiger charge is 2.09. The highest BCUT2D eigenvalue weighted by molar-refractivity contribution is 5.91. The molecule has 0 aliphatic heterocycles. The summed E-state index contributed by atoms with van der Waals surface area (Å²) in [6, 6.07) is 19.4. The van der Waals surface area contributed by atoms with Crippen LogP contribution in [0.2, 0.25) is 0 Å². The maximum Gasteiger partial charge on any atom is 0.343 e. The summed E-state index contributed by atoms with van der Waals surface area (Å²) in [6.45, 7) is 5.41. The van der Waals surface area contributed by atoms with Crippen molar-refractivity contribution in [2.24, 2.45) is 5.10 Å². The smallest absolute Gasteiger partial charge is 0.343 e. The molecule has 3 aromatic rings. The monoisotopic (exact) mass is 458 g/mol. The second-order valence-electron chi connectivity index (χ2n) is 7.39. The van der Waals surface area contributed by atoms with Gasteiger partial charge in [-0.15, -0.1) is 6.58 Å². The van der Waals surface area contributed by atoms with Crippen molar-refractivity contribution < 1.29 is 23.8 Å². The molecule has 0 saturated carbocycles. The number of aryl methyl sites for hydroxylation is 1. The van der Waals surface area contributed by atoms with Gasteiger partial charge in [0.2, 0.25) is 0 Å². The van der Waals surface area contributed by atoms with Crippen molar-refractivity contribution in [3.05, 3.63) is 102 Å². The van der Waals surface area contributed by atoms with Crippen LogP contribution in [0.1, 0.15) is 27.0 Å². The Bertz CT molecular complexity index is 1190. The molecule has 0 aromatic heterocycles. The summed E-state index contributed by atoms with van der Waals surface area (Å²) < 4.78 is 16.2. The molecule has 174 valence electrons. The summed E-state index contributed by atoms with van der Waals surface area (Å²) in [5.41, 5.74) is 5.63. The maximum absolute atomic E-state index is 12.2. The zero-order chi connectivity index (χ0) is 24.3. The van der Waals surface area contributed by atoms with E-state index in [2.05, 4.69) is 17.1 Å². The minimum Gasteiger partial charge on any atom is -0.493 e. The molecular formula is C27H26N2O5. The van der Waals surface area contributed by atoms with Gasteiger partial charge in [0.25, 0.3) is 5.91 Å². The molecule has 0 atom stereocenters. The Labute approximate surface area is 198 Å². The number of carbonyl (C=O) groups is 2. The summed E-state index contributed by atoms with van der Waals surface area (Å²) in [6.07, 6.45) is 3.99. The van der Waals surface area contributed by atoms with E-state index in [1.54, 1.807) is 61.7 Å². The van der Waals surface area contributed by atoms with E-state index in [1.807, 2.05) is 25.1 Å². The topological polar surface area (TPSA) is 86.2 Å². The molecule has 7 heteroatoms. The molecule has 34 heavy (non-hydrogen) atoms. The quantitative estimate of drug-likeness (QED) is 0.159. The average molecular weight is 459 g/mol. The normalized spacial score (nSPS) is 10.5. The van der Waals surface area contributed by atoms with Crippen molar-refractivity contribution >= 4 is 18.1 Å². The van der Waals surface area contributed by atoms with Gasteiger partial charge in [-0.05, 0) is 73.0 Å². The van der Waals surface area contributed by atoms with Crippen LogP contribution in [0.3, 0.4) is 0 Å². The average Bonchev–Trinajstić information content (AvgIpc) is 2.84. The number of amides is 1. The Balaban J connectivity index is 1.48. The molecule has 0 spiro atoms. The van der Waals surface area contributed by atoms with Crippen molar-refractivity contribution in [1.29, 1.82) is 0 Å². The first kappa shape index (κ1) is 24.3. The van der Waals surface area contributed by atoms with Crippen LogP contribution in [-0.4, -0.2) is 31.8 Å². The minimum atomic E-state index is -0.427. The van der Waals surface area contributed by atoms with Crippen LogP contribution in [0.15, 0.2) is 84.5 Å². The molecule has 0 radical (unpaired) electrons. The summed E-state index contributed by atoms with van der Waals surface area (Å²) in [7, 11) is 1.54. The Morgan fingerprint density at radius 3 is 2.53 bits per heavy atom. The van der Waals surface area contributed by atoms with Crippen LogP contribution < -0.4 is 19.6 Å². The largest absolute Gasteiger partial charge is 0.493 e. The SMILES string of the molecule is C=CCc1ccc(OCC(=O)N/N=C/c2ccc(OC(=O)c3cccc(C)c3)cc2)c(OC)c1. The summed E-state index contributed by atoms with van der Waals surface area (Å²) in [5, 5.41) is 3.93. The van der Waals surface area contributed by atoms with E-state index in [0.717, 1.165) is 16.7 Å². The molecule has 0 fully saturated rings. The van der Waals surface area contributed by atoms with Crippen LogP contribution in [0.4, 0.5) is 0 Å². The Hall–Kier alpha value is -4.39.